The summed E-state index contributed by atoms with van der Waals surface area (Å²) in [6, 6.07) is 1.76. The van der Waals surface area contributed by atoms with Gasteiger partial charge in [0.15, 0.2) is 0 Å². The molecular formula is C11H18BrN3O2S2. The van der Waals surface area contributed by atoms with Crippen molar-refractivity contribution >= 4 is 37.3 Å². The van der Waals surface area contributed by atoms with E-state index in [2.05, 4.69) is 26.1 Å². The summed E-state index contributed by atoms with van der Waals surface area (Å²) in [7, 11) is 0.488. The predicted molar refractivity (Wildman–Crippen MR) is 81.0 cm³/mol. The zero-order chi connectivity index (χ0) is 14.0. The molecule has 0 spiro atoms. The highest BCUT2D eigenvalue weighted by molar-refractivity contribution is 9.11. The minimum Gasteiger partial charge on any atom is -0.315 e. The second-order valence-corrected chi connectivity index (χ2v) is 8.95. The van der Waals surface area contributed by atoms with Crippen LogP contribution in [0.1, 0.15) is 4.88 Å². The predicted octanol–water partition coefficient (Wildman–Crippen LogP) is 1.17. The van der Waals surface area contributed by atoms with Gasteiger partial charge in [0.1, 0.15) is 4.90 Å². The SMILES string of the molecule is CNCc1cc(S(=O)(=O)N2CCN(C)CC2)c(Br)s1. The fourth-order valence-corrected chi connectivity index (χ4v) is 6.07. The van der Waals surface area contributed by atoms with E-state index < -0.39 is 10.0 Å². The molecule has 0 amide bonds. The van der Waals surface area contributed by atoms with Crippen LogP contribution in [0, 0.1) is 0 Å². The molecule has 5 nitrogen and oxygen atoms in total. The van der Waals surface area contributed by atoms with Crippen molar-refractivity contribution in [2.45, 2.75) is 11.4 Å². The van der Waals surface area contributed by atoms with Gasteiger partial charge < -0.3 is 10.2 Å². The number of hydrogen-bond donors (Lipinski definition) is 1. The van der Waals surface area contributed by atoms with Gasteiger partial charge in [-0.3, -0.25) is 0 Å². The molecule has 0 aliphatic carbocycles. The third-order valence-electron chi connectivity index (χ3n) is 3.14. The number of rotatable bonds is 4. The second-order valence-electron chi connectivity index (χ2n) is 4.59. The van der Waals surface area contributed by atoms with Crippen LogP contribution in [0.15, 0.2) is 14.7 Å². The fraction of sp³-hybridized carbons (Fsp3) is 0.636. The monoisotopic (exact) mass is 367 g/mol. The van der Waals surface area contributed by atoms with Gasteiger partial charge >= 0.3 is 0 Å². The lowest BCUT2D eigenvalue weighted by atomic mass is 10.4. The number of thiophene rings is 1. The molecule has 8 heteroatoms. The van der Waals surface area contributed by atoms with E-state index in [1.165, 1.54) is 11.3 Å². The minimum absolute atomic E-state index is 0.396. The lowest BCUT2D eigenvalue weighted by Crippen LogP contribution is -2.46. The van der Waals surface area contributed by atoms with Crippen molar-refractivity contribution in [1.82, 2.24) is 14.5 Å². The molecule has 0 saturated carbocycles. The number of likely N-dealkylation sites (N-methyl/N-ethyl adjacent to an activating group) is 1. The maximum Gasteiger partial charge on any atom is 0.245 e. The van der Waals surface area contributed by atoms with Gasteiger partial charge in [-0.15, -0.1) is 11.3 Å². The standard InChI is InChI=1S/C11H18BrN3O2S2/c1-13-8-9-7-10(11(12)18-9)19(16,17)15-5-3-14(2)4-6-15/h7,13H,3-6,8H2,1-2H3. The lowest BCUT2D eigenvalue weighted by molar-refractivity contribution is 0.222. The summed E-state index contributed by atoms with van der Waals surface area (Å²) in [5.74, 6) is 0. The van der Waals surface area contributed by atoms with Gasteiger partial charge in [0.05, 0.1) is 3.79 Å². The molecule has 1 aliphatic heterocycles. The molecule has 1 N–H and O–H groups in total. The van der Waals surface area contributed by atoms with Gasteiger partial charge in [-0.1, -0.05) is 0 Å². The summed E-state index contributed by atoms with van der Waals surface area (Å²) in [5, 5.41) is 3.04. The fourth-order valence-electron chi connectivity index (χ4n) is 2.00. The van der Waals surface area contributed by atoms with Crippen LogP contribution >= 0.6 is 27.3 Å². The van der Waals surface area contributed by atoms with Crippen molar-refractivity contribution in [3.63, 3.8) is 0 Å². The maximum absolute atomic E-state index is 12.6. The van der Waals surface area contributed by atoms with E-state index in [9.17, 15) is 8.42 Å². The van der Waals surface area contributed by atoms with Crippen LogP contribution in [-0.2, 0) is 16.6 Å². The van der Waals surface area contributed by atoms with Crippen LogP contribution in [0.4, 0.5) is 0 Å². The molecule has 1 aromatic rings. The maximum atomic E-state index is 12.6. The van der Waals surface area contributed by atoms with Crippen molar-refractivity contribution in [3.8, 4) is 0 Å². The van der Waals surface area contributed by atoms with Gasteiger partial charge in [0.2, 0.25) is 10.0 Å². The molecule has 0 aromatic carbocycles. The number of piperazine rings is 1. The first-order valence-corrected chi connectivity index (χ1v) is 9.11. The van der Waals surface area contributed by atoms with Crippen molar-refractivity contribution in [1.29, 1.82) is 0 Å². The molecule has 2 rings (SSSR count). The van der Waals surface area contributed by atoms with E-state index in [1.54, 1.807) is 10.4 Å². The van der Waals surface area contributed by atoms with Crippen molar-refractivity contribution in [3.05, 3.63) is 14.7 Å². The normalized spacial score (nSPS) is 18.9. The molecule has 108 valence electrons. The summed E-state index contributed by atoms with van der Waals surface area (Å²) in [5.41, 5.74) is 0. The number of halogens is 1. The number of nitrogens with one attached hydrogen (secondary N) is 1. The quantitative estimate of drug-likeness (QED) is 0.867. The van der Waals surface area contributed by atoms with E-state index in [0.29, 0.717) is 28.3 Å². The Labute approximate surface area is 126 Å². The third kappa shape index (κ3) is 3.37. The molecule has 0 radical (unpaired) electrons. The molecule has 19 heavy (non-hydrogen) atoms. The summed E-state index contributed by atoms with van der Waals surface area (Å²) >= 11 is 4.84. The van der Waals surface area contributed by atoms with Crippen molar-refractivity contribution in [2.24, 2.45) is 0 Å². The highest BCUT2D eigenvalue weighted by Gasteiger charge is 2.30. The zero-order valence-electron chi connectivity index (χ0n) is 11.0. The molecule has 2 heterocycles. The van der Waals surface area contributed by atoms with Gasteiger partial charge in [0.25, 0.3) is 0 Å². The first kappa shape index (κ1) is 15.4. The average molecular weight is 368 g/mol. The van der Waals surface area contributed by atoms with Crippen molar-refractivity contribution in [2.75, 3.05) is 40.3 Å². The number of sulfonamides is 1. The van der Waals surface area contributed by atoms with Crippen LogP contribution in [-0.4, -0.2) is 57.9 Å². The smallest absolute Gasteiger partial charge is 0.245 e. The molecule has 1 aliphatic rings. The van der Waals surface area contributed by atoms with Crippen LogP contribution in [0.25, 0.3) is 0 Å². The van der Waals surface area contributed by atoms with E-state index in [-0.39, 0.29) is 0 Å². The lowest BCUT2D eigenvalue weighted by Gasteiger charge is -2.31. The molecule has 1 fully saturated rings. The Hall–Kier alpha value is 0.01000. The topological polar surface area (TPSA) is 52.7 Å². The second kappa shape index (κ2) is 6.19. The summed E-state index contributed by atoms with van der Waals surface area (Å²) in [6.07, 6.45) is 0. The van der Waals surface area contributed by atoms with Crippen LogP contribution in [0.3, 0.4) is 0 Å². The van der Waals surface area contributed by atoms with E-state index in [4.69, 9.17) is 0 Å². The molecule has 1 aromatic heterocycles. The summed E-state index contributed by atoms with van der Waals surface area (Å²) in [6.45, 7) is 3.36. The van der Waals surface area contributed by atoms with E-state index >= 15 is 0 Å². The van der Waals surface area contributed by atoms with Gasteiger partial charge in [-0.2, -0.15) is 4.31 Å². The number of hydrogen-bond acceptors (Lipinski definition) is 5. The Kier molecular flexibility index (Phi) is 5.02. The first-order chi connectivity index (χ1) is 8.95. The largest absolute Gasteiger partial charge is 0.315 e. The van der Waals surface area contributed by atoms with E-state index in [1.807, 2.05) is 14.1 Å². The summed E-state index contributed by atoms with van der Waals surface area (Å²) in [4.78, 5) is 3.55. The van der Waals surface area contributed by atoms with Gasteiger partial charge in [-0.25, -0.2) is 8.42 Å². The van der Waals surface area contributed by atoms with Crippen molar-refractivity contribution < 1.29 is 8.42 Å². The molecule has 0 unspecified atom stereocenters. The third-order valence-corrected chi connectivity index (χ3v) is 7.29. The summed E-state index contributed by atoms with van der Waals surface area (Å²) < 4.78 is 27.5. The zero-order valence-corrected chi connectivity index (χ0v) is 14.2. The Bertz CT molecular complexity index is 536. The molecular weight excluding hydrogens is 350 g/mol. The Morgan fingerprint density at radius 1 is 1.37 bits per heavy atom. The molecule has 1 saturated heterocycles. The van der Waals surface area contributed by atoms with Gasteiger partial charge in [0, 0.05) is 37.6 Å². The first-order valence-electron chi connectivity index (χ1n) is 6.06. The van der Waals surface area contributed by atoms with Crippen LogP contribution < -0.4 is 5.32 Å². The molecule has 0 bridgehead atoms. The Balaban J connectivity index is 2.24. The highest BCUT2D eigenvalue weighted by Crippen LogP contribution is 2.33. The van der Waals surface area contributed by atoms with Crippen LogP contribution in [0.5, 0.6) is 0 Å². The minimum atomic E-state index is -3.37. The highest BCUT2D eigenvalue weighted by atomic mass is 79.9. The van der Waals surface area contributed by atoms with Crippen LogP contribution in [0.2, 0.25) is 0 Å². The van der Waals surface area contributed by atoms with Gasteiger partial charge in [-0.05, 0) is 36.1 Å². The average Bonchev–Trinajstić information content (AvgIpc) is 2.72. The Morgan fingerprint density at radius 3 is 2.58 bits per heavy atom. The Morgan fingerprint density at radius 2 is 2.00 bits per heavy atom. The van der Waals surface area contributed by atoms with E-state index in [0.717, 1.165) is 18.0 Å². The number of nitrogens with zero attached hydrogens (tertiary/aromatic N) is 2. The molecule has 0 atom stereocenters.